The molecular weight excluding hydrogens is 214 g/mol. The molecule has 0 spiro atoms. The Bertz CT molecular complexity index is 458. The topological polar surface area (TPSA) is 20.2 Å². The molecule has 0 aliphatic heterocycles. The van der Waals surface area contributed by atoms with Gasteiger partial charge in [0.15, 0.2) is 7.00 Å². The van der Waals surface area contributed by atoms with Crippen LogP contribution in [0.3, 0.4) is 0 Å². The number of aromatic hydroxyl groups is 1. The third-order valence-corrected chi connectivity index (χ3v) is 4.21. The van der Waals surface area contributed by atoms with Crippen molar-refractivity contribution in [1.82, 2.24) is 0 Å². The average Bonchev–Trinajstić information content (AvgIpc) is 2.33. The fourth-order valence-electron chi connectivity index (χ4n) is 1.54. The van der Waals surface area contributed by atoms with Crippen molar-refractivity contribution in [1.29, 1.82) is 0 Å². The highest BCUT2D eigenvalue weighted by molar-refractivity contribution is 7.92. The van der Waals surface area contributed by atoms with E-state index < -0.39 is 0 Å². The Labute approximate surface area is 98.1 Å². The molecule has 0 amide bonds. The Morgan fingerprint density at radius 3 is 2.25 bits per heavy atom. The summed E-state index contributed by atoms with van der Waals surface area (Å²) in [5, 5.41) is 11.0. The molecule has 0 saturated carbocycles. The van der Waals surface area contributed by atoms with Gasteiger partial charge < -0.3 is 5.11 Å². The Hall–Kier alpha value is -1.27. The highest BCUT2D eigenvalue weighted by atomic mass is 31.1. The molecular formula is C13H13BOP. The fourth-order valence-corrected chi connectivity index (χ4v) is 2.97. The van der Waals surface area contributed by atoms with E-state index in [4.69, 9.17) is 0 Å². The first-order valence-corrected chi connectivity index (χ1v) is 7.04. The lowest BCUT2D eigenvalue weighted by molar-refractivity contribution is 0.479. The maximum absolute atomic E-state index is 9.69. The van der Waals surface area contributed by atoms with Crippen molar-refractivity contribution in [3.05, 3.63) is 54.6 Å². The molecule has 0 aliphatic rings. The molecule has 1 N–H and O–H groups in total. The maximum atomic E-state index is 9.69. The standard InChI is InChI=1S/C13H13BOP/c1-16(11-7-3-2-4-8-11)14-12-9-5-6-10-13(12)15/h2-10,15H,1H3. The smallest absolute Gasteiger partial charge is 0.196 e. The second-order valence-electron chi connectivity index (χ2n) is 3.63. The van der Waals surface area contributed by atoms with E-state index in [0.717, 1.165) is 5.46 Å². The van der Waals surface area contributed by atoms with Crippen LogP contribution in [0, 0.1) is 0 Å². The van der Waals surface area contributed by atoms with E-state index >= 15 is 0 Å². The van der Waals surface area contributed by atoms with Gasteiger partial charge in [-0.15, -0.1) is 7.80 Å². The minimum Gasteiger partial charge on any atom is -0.509 e. The van der Waals surface area contributed by atoms with Gasteiger partial charge in [0.2, 0.25) is 0 Å². The Kier molecular flexibility index (Phi) is 3.64. The van der Waals surface area contributed by atoms with Gasteiger partial charge in [0.1, 0.15) is 5.75 Å². The number of para-hydroxylation sites is 1. The van der Waals surface area contributed by atoms with Crippen molar-refractivity contribution >= 4 is 25.6 Å². The van der Waals surface area contributed by atoms with Crippen LogP contribution in [-0.2, 0) is 0 Å². The van der Waals surface area contributed by atoms with Crippen LogP contribution in [-0.4, -0.2) is 18.8 Å². The highest BCUT2D eigenvalue weighted by Crippen LogP contribution is 2.27. The number of hydrogen-bond donors (Lipinski definition) is 1. The third-order valence-electron chi connectivity index (χ3n) is 2.43. The molecule has 1 unspecified atom stereocenters. The Balaban J connectivity index is 2.14. The van der Waals surface area contributed by atoms with Crippen molar-refractivity contribution in [2.45, 2.75) is 0 Å². The monoisotopic (exact) mass is 227 g/mol. The van der Waals surface area contributed by atoms with Gasteiger partial charge in [0.25, 0.3) is 0 Å². The van der Waals surface area contributed by atoms with Gasteiger partial charge in [-0.2, -0.15) is 0 Å². The summed E-state index contributed by atoms with van der Waals surface area (Å²) in [4.78, 5) is 0. The van der Waals surface area contributed by atoms with E-state index in [0.29, 0.717) is 5.75 Å². The predicted octanol–water partition coefficient (Wildman–Crippen LogP) is 2.07. The normalized spacial score (nSPS) is 12.1. The molecule has 2 rings (SSSR count). The van der Waals surface area contributed by atoms with Crippen molar-refractivity contribution < 1.29 is 5.11 Å². The minimum atomic E-state index is -0.353. The van der Waals surface area contributed by atoms with Gasteiger partial charge in [0.05, 0.1) is 0 Å². The molecule has 2 aromatic rings. The van der Waals surface area contributed by atoms with Crippen LogP contribution in [0.25, 0.3) is 0 Å². The van der Waals surface area contributed by atoms with Crippen LogP contribution in [0.4, 0.5) is 0 Å². The van der Waals surface area contributed by atoms with Crippen molar-refractivity contribution in [3.8, 4) is 5.75 Å². The molecule has 0 fully saturated rings. The summed E-state index contributed by atoms with van der Waals surface area (Å²) in [6.07, 6.45) is 0. The number of hydrogen-bond acceptors (Lipinski definition) is 1. The van der Waals surface area contributed by atoms with E-state index in [1.54, 1.807) is 6.07 Å². The predicted molar refractivity (Wildman–Crippen MR) is 72.4 cm³/mol. The van der Waals surface area contributed by atoms with E-state index in [1.165, 1.54) is 5.30 Å². The summed E-state index contributed by atoms with van der Waals surface area (Å²) < 4.78 is 0. The lowest BCUT2D eigenvalue weighted by Gasteiger charge is -2.12. The first kappa shape index (κ1) is 11.2. The second kappa shape index (κ2) is 5.18. The Morgan fingerprint density at radius 2 is 1.56 bits per heavy atom. The summed E-state index contributed by atoms with van der Waals surface area (Å²) in [5.74, 6) is 0.354. The maximum Gasteiger partial charge on any atom is 0.196 e. The summed E-state index contributed by atoms with van der Waals surface area (Å²) in [6.45, 7) is 4.33. The third kappa shape index (κ3) is 2.65. The molecule has 0 aromatic heterocycles. The first-order chi connectivity index (χ1) is 7.77. The zero-order chi connectivity index (χ0) is 11.4. The zero-order valence-corrected chi connectivity index (χ0v) is 10.1. The van der Waals surface area contributed by atoms with Crippen LogP contribution in [0.1, 0.15) is 0 Å². The van der Waals surface area contributed by atoms with Gasteiger partial charge in [-0.1, -0.05) is 48.5 Å². The van der Waals surface area contributed by atoms with Gasteiger partial charge in [0, 0.05) is 0 Å². The molecule has 3 heteroatoms. The van der Waals surface area contributed by atoms with E-state index in [-0.39, 0.29) is 7.80 Å². The molecule has 16 heavy (non-hydrogen) atoms. The molecule has 1 atom stereocenters. The van der Waals surface area contributed by atoms with E-state index in [1.807, 2.05) is 36.4 Å². The fraction of sp³-hybridized carbons (Fsp3) is 0.0769. The lowest BCUT2D eigenvalue weighted by atomic mass is 9.93. The number of phenolic OH excluding ortho intramolecular Hbond substituents is 1. The summed E-state index contributed by atoms with van der Waals surface area (Å²) in [5.41, 5.74) is 0.917. The molecule has 79 valence electrons. The molecule has 0 bridgehead atoms. The lowest BCUT2D eigenvalue weighted by Crippen LogP contribution is -2.17. The van der Waals surface area contributed by atoms with Gasteiger partial charge >= 0.3 is 0 Å². The number of phenols is 1. The van der Waals surface area contributed by atoms with Gasteiger partial charge in [-0.3, -0.25) is 0 Å². The molecule has 0 aliphatic carbocycles. The van der Waals surface area contributed by atoms with Crippen LogP contribution in [0.15, 0.2) is 54.6 Å². The van der Waals surface area contributed by atoms with Crippen molar-refractivity contribution in [2.75, 3.05) is 6.66 Å². The summed E-state index contributed by atoms with van der Waals surface area (Å²) in [6, 6.07) is 17.8. The van der Waals surface area contributed by atoms with Gasteiger partial charge in [-0.05, 0) is 23.5 Å². The zero-order valence-electron chi connectivity index (χ0n) is 9.17. The number of benzene rings is 2. The second-order valence-corrected chi connectivity index (χ2v) is 5.63. The SMILES string of the molecule is CP([B]c1ccccc1O)c1ccccc1. The average molecular weight is 227 g/mol. The molecule has 1 nitrogen and oxygen atoms in total. The summed E-state index contributed by atoms with van der Waals surface area (Å²) in [7, 11) is -0.353. The Morgan fingerprint density at radius 1 is 0.938 bits per heavy atom. The van der Waals surface area contributed by atoms with Crippen molar-refractivity contribution in [2.24, 2.45) is 0 Å². The van der Waals surface area contributed by atoms with E-state index in [2.05, 4.69) is 25.8 Å². The van der Waals surface area contributed by atoms with Crippen LogP contribution in [0.2, 0.25) is 0 Å². The number of rotatable bonds is 3. The highest BCUT2D eigenvalue weighted by Gasteiger charge is 2.09. The van der Waals surface area contributed by atoms with Crippen LogP contribution < -0.4 is 10.8 Å². The van der Waals surface area contributed by atoms with Crippen LogP contribution >= 0.6 is 7.80 Å². The van der Waals surface area contributed by atoms with E-state index in [9.17, 15) is 5.11 Å². The van der Waals surface area contributed by atoms with Crippen molar-refractivity contribution in [3.63, 3.8) is 0 Å². The van der Waals surface area contributed by atoms with Crippen LogP contribution in [0.5, 0.6) is 5.75 Å². The minimum absolute atomic E-state index is 0.353. The summed E-state index contributed by atoms with van der Waals surface area (Å²) >= 11 is 0. The first-order valence-electron chi connectivity index (χ1n) is 5.18. The van der Waals surface area contributed by atoms with Gasteiger partial charge in [-0.25, -0.2) is 0 Å². The molecule has 0 heterocycles. The molecule has 0 saturated heterocycles. The quantitative estimate of drug-likeness (QED) is 0.628. The molecule has 2 aromatic carbocycles. The largest absolute Gasteiger partial charge is 0.509 e. The molecule has 1 radical (unpaired) electrons.